The Kier molecular flexibility index (Phi) is 7.47. The number of fused-ring (bicyclic) bond motifs is 1. The van der Waals surface area contributed by atoms with E-state index in [-0.39, 0.29) is 45.5 Å². The lowest BCUT2D eigenvalue weighted by atomic mass is 10.0. The van der Waals surface area contributed by atoms with Crippen LogP contribution in [0.4, 0.5) is 10.1 Å². The van der Waals surface area contributed by atoms with Crippen LogP contribution in [-0.4, -0.2) is 42.0 Å². The molecule has 1 aliphatic rings. The largest absolute Gasteiger partial charge is 0.480 e. The minimum atomic E-state index is -4.23. The first kappa shape index (κ1) is 27.5. The van der Waals surface area contributed by atoms with E-state index in [1.807, 2.05) is 0 Å². The van der Waals surface area contributed by atoms with E-state index in [1.165, 1.54) is 30.3 Å². The number of pyridine rings is 1. The summed E-state index contributed by atoms with van der Waals surface area (Å²) in [7, 11) is -2.89. The number of hydrogen-bond donors (Lipinski definition) is 2. The number of rotatable bonds is 9. The molecule has 1 amide bonds. The average Bonchev–Trinajstić information content (AvgIpc) is 3.73. The molecule has 2 aromatic heterocycles. The summed E-state index contributed by atoms with van der Waals surface area (Å²) < 4.78 is 48.5. The molecule has 2 heterocycles. The summed E-state index contributed by atoms with van der Waals surface area (Å²) in [4.78, 5) is 33.9. The van der Waals surface area contributed by atoms with Crippen molar-refractivity contribution in [1.29, 1.82) is 0 Å². The molecule has 10 nitrogen and oxygen atoms in total. The van der Waals surface area contributed by atoms with Crippen molar-refractivity contribution in [2.24, 2.45) is 5.92 Å². The number of nitrogens with zero attached hydrogens (tertiary/aromatic N) is 3. The van der Waals surface area contributed by atoms with E-state index in [0.717, 1.165) is 31.0 Å². The first-order valence-corrected chi connectivity index (χ1v) is 14.2. The van der Waals surface area contributed by atoms with Gasteiger partial charge in [0.05, 0.1) is 35.3 Å². The van der Waals surface area contributed by atoms with Crippen LogP contribution in [-0.2, 0) is 21.4 Å². The van der Waals surface area contributed by atoms with Crippen LogP contribution in [0, 0.1) is 11.7 Å². The first-order valence-electron chi connectivity index (χ1n) is 12.4. The van der Waals surface area contributed by atoms with Crippen LogP contribution in [0.25, 0.3) is 22.0 Å². The van der Waals surface area contributed by atoms with E-state index in [9.17, 15) is 22.4 Å². The van der Waals surface area contributed by atoms with Crippen LogP contribution in [0.3, 0.4) is 0 Å². The second-order valence-electron chi connectivity index (χ2n) is 9.58. The lowest BCUT2D eigenvalue weighted by Gasteiger charge is -2.15. The summed E-state index contributed by atoms with van der Waals surface area (Å²) >= 11 is 5.97. The number of sulfonamides is 1. The Morgan fingerprint density at radius 1 is 1.18 bits per heavy atom. The highest BCUT2D eigenvalue weighted by Crippen LogP contribution is 2.32. The van der Waals surface area contributed by atoms with Crippen molar-refractivity contribution in [2.75, 3.05) is 11.8 Å². The fraction of sp³-hybridized carbons (Fsp3) is 0.259. The van der Waals surface area contributed by atoms with E-state index in [0.29, 0.717) is 22.0 Å². The molecule has 1 fully saturated rings. The maximum absolute atomic E-state index is 13.5. The van der Waals surface area contributed by atoms with E-state index >= 15 is 0 Å². The van der Waals surface area contributed by atoms with Gasteiger partial charge in [-0.15, -0.1) is 0 Å². The fourth-order valence-electron chi connectivity index (χ4n) is 4.16. The van der Waals surface area contributed by atoms with Gasteiger partial charge in [-0.25, -0.2) is 22.8 Å². The molecule has 5 rings (SSSR count). The molecule has 0 aliphatic heterocycles. The molecule has 1 saturated carbocycles. The summed E-state index contributed by atoms with van der Waals surface area (Å²) in [6, 6.07) is 9.71. The number of carbonyl (C=O) groups is 1. The Morgan fingerprint density at radius 3 is 2.65 bits per heavy atom. The van der Waals surface area contributed by atoms with Crippen molar-refractivity contribution in [3.05, 3.63) is 76.2 Å². The Morgan fingerprint density at radius 2 is 1.95 bits per heavy atom. The molecule has 0 bridgehead atoms. The van der Waals surface area contributed by atoms with Crippen LogP contribution in [0.5, 0.6) is 5.88 Å². The number of halogens is 2. The topological polar surface area (TPSA) is 132 Å². The zero-order valence-electron chi connectivity index (χ0n) is 21.5. The van der Waals surface area contributed by atoms with E-state index in [4.69, 9.17) is 16.3 Å². The van der Waals surface area contributed by atoms with Gasteiger partial charge in [-0.2, -0.15) is 0 Å². The molecule has 0 unspecified atom stereocenters. The molecule has 2 N–H and O–H groups in total. The molecule has 208 valence electrons. The monoisotopic (exact) mass is 585 g/mol. The number of benzene rings is 2. The highest BCUT2D eigenvalue weighted by atomic mass is 35.5. The van der Waals surface area contributed by atoms with Crippen molar-refractivity contribution < 1.29 is 22.3 Å². The van der Waals surface area contributed by atoms with Gasteiger partial charge in [0.2, 0.25) is 11.8 Å². The summed E-state index contributed by atoms with van der Waals surface area (Å²) in [6.07, 6.45) is 4.85. The van der Waals surface area contributed by atoms with Crippen LogP contribution in [0.1, 0.15) is 19.8 Å². The Labute approximate surface area is 234 Å². The Balaban J connectivity index is 1.47. The predicted molar refractivity (Wildman–Crippen MR) is 148 cm³/mol. The summed E-state index contributed by atoms with van der Waals surface area (Å²) in [6.45, 7) is 1.93. The summed E-state index contributed by atoms with van der Waals surface area (Å²) in [5, 5.41) is 2.98. The van der Waals surface area contributed by atoms with Gasteiger partial charge in [-0.3, -0.25) is 18.9 Å². The first-order chi connectivity index (χ1) is 19.1. The predicted octanol–water partition coefficient (Wildman–Crippen LogP) is 3.98. The second-order valence-corrected chi connectivity index (χ2v) is 11.6. The summed E-state index contributed by atoms with van der Waals surface area (Å²) in [5.74, 6) is -1.21. The molecule has 1 aliphatic carbocycles. The number of ether oxygens (including phenoxy) is 1. The number of nitrogens with one attached hydrogen (secondary N) is 2. The van der Waals surface area contributed by atoms with Gasteiger partial charge in [-0.1, -0.05) is 24.6 Å². The van der Waals surface area contributed by atoms with Crippen LogP contribution in [0.15, 0.2) is 64.7 Å². The van der Waals surface area contributed by atoms with E-state index < -0.39 is 21.8 Å². The molecule has 13 heteroatoms. The average molecular weight is 586 g/mol. The van der Waals surface area contributed by atoms with Gasteiger partial charge >= 0.3 is 0 Å². The van der Waals surface area contributed by atoms with Crippen molar-refractivity contribution in [3.63, 3.8) is 0 Å². The number of amides is 1. The van der Waals surface area contributed by atoms with Gasteiger partial charge in [0.15, 0.2) is 0 Å². The molecule has 0 radical (unpaired) electrons. The number of carbonyl (C=O) groups excluding carboxylic acids is 1. The van der Waals surface area contributed by atoms with E-state index in [2.05, 4.69) is 20.0 Å². The van der Waals surface area contributed by atoms with Gasteiger partial charge in [0.25, 0.3) is 15.6 Å². The van der Waals surface area contributed by atoms with Crippen LogP contribution in [0.2, 0.25) is 5.02 Å². The van der Waals surface area contributed by atoms with Gasteiger partial charge < -0.3 is 10.1 Å². The van der Waals surface area contributed by atoms with Gasteiger partial charge in [0, 0.05) is 24.3 Å². The highest BCUT2D eigenvalue weighted by Gasteiger charge is 2.26. The third kappa shape index (κ3) is 5.77. The maximum Gasteiger partial charge on any atom is 0.263 e. The third-order valence-electron chi connectivity index (χ3n) is 6.47. The Hall–Kier alpha value is -4.03. The maximum atomic E-state index is 13.5. The lowest BCUT2D eigenvalue weighted by molar-refractivity contribution is -0.125. The fourth-order valence-corrected chi connectivity index (χ4v) is 5.74. The number of hydrogen-bond acceptors (Lipinski definition) is 7. The number of methoxy groups -OCH3 is 1. The van der Waals surface area contributed by atoms with Crippen molar-refractivity contribution in [1.82, 2.24) is 19.9 Å². The molecular formula is C27H25ClFN5O5S. The van der Waals surface area contributed by atoms with Crippen LogP contribution >= 0.6 is 11.6 Å². The molecule has 40 heavy (non-hydrogen) atoms. The van der Waals surface area contributed by atoms with Crippen molar-refractivity contribution >= 4 is 44.1 Å². The number of aromatic nitrogens is 3. The number of anilines is 1. The highest BCUT2D eigenvalue weighted by molar-refractivity contribution is 7.92. The van der Waals surface area contributed by atoms with Gasteiger partial charge in [-0.05, 0) is 54.8 Å². The molecule has 1 atom stereocenters. The van der Waals surface area contributed by atoms with Crippen molar-refractivity contribution in [2.45, 2.75) is 37.2 Å². The standard InChI is InChI=1S/C27H25ClFN5O5S/c1-15(25(35)32-19-5-6-19)13-34-14-31-22-7-3-16(9-20(22)27(34)36)17-10-23(26(39-2)30-12-17)33-40(37,38)24-8-4-18(29)11-21(24)28/h3-4,7-12,14-15,19,33H,5-6,13H2,1-2H3,(H,32,35)/t15-/m0/s1. The smallest absolute Gasteiger partial charge is 0.263 e. The molecular weight excluding hydrogens is 561 g/mol. The molecule has 0 saturated heterocycles. The van der Waals surface area contributed by atoms with E-state index in [1.54, 1.807) is 25.1 Å². The zero-order valence-corrected chi connectivity index (χ0v) is 23.1. The third-order valence-corrected chi connectivity index (χ3v) is 8.32. The minimum absolute atomic E-state index is 0.00571. The normalized spacial score (nSPS) is 14.1. The zero-order chi connectivity index (χ0) is 28.6. The molecule has 0 spiro atoms. The lowest BCUT2D eigenvalue weighted by Crippen LogP contribution is -2.35. The SMILES string of the molecule is COc1ncc(-c2ccc3ncn(C[C@H](C)C(=O)NC4CC4)c(=O)c3c2)cc1NS(=O)(=O)c1ccc(F)cc1Cl. The van der Waals surface area contributed by atoms with Crippen LogP contribution < -0.4 is 20.3 Å². The summed E-state index contributed by atoms with van der Waals surface area (Å²) in [5.41, 5.74) is 1.22. The van der Waals surface area contributed by atoms with Crippen molar-refractivity contribution in [3.8, 4) is 17.0 Å². The molecule has 4 aromatic rings. The quantitative estimate of drug-likeness (QED) is 0.304. The minimum Gasteiger partial charge on any atom is -0.480 e. The Bertz CT molecular complexity index is 1790. The second kappa shape index (κ2) is 10.9. The van der Waals surface area contributed by atoms with Gasteiger partial charge in [0.1, 0.15) is 16.4 Å². The molecule has 2 aromatic carbocycles.